The molecular weight excluding hydrogens is 574 g/mol. The van der Waals surface area contributed by atoms with Gasteiger partial charge >= 0.3 is 5.97 Å². The van der Waals surface area contributed by atoms with Crippen LogP contribution in [0.5, 0.6) is 0 Å². The molecule has 5 bridgehead atoms. The maximum absolute atomic E-state index is 13.9. The van der Waals surface area contributed by atoms with Gasteiger partial charge in [0.2, 0.25) is 5.91 Å². The summed E-state index contributed by atoms with van der Waals surface area (Å²) in [6.07, 6.45) is 4.58. The van der Waals surface area contributed by atoms with Crippen LogP contribution >= 0.6 is 0 Å². The van der Waals surface area contributed by atoms with Gasteiger partial charge in [-0.3, -0.25) is 34.0 Å². The number of Topliss-reactive ketones (excluding diaryl/α,β-unsaturated/α-hetero) is 1. The van der Waals surface area contributed by atoms with E-state index in [2.05, 4.69) is 16.1 Å². The highest BCUT2D eigenvalue weighted by molar-refractivity contribution is 5.93. The minimum Gasteiger partial charge on any atom is -0.451 e. The number of benzene rings is 1. The number of esters is 1. The molecule has 11 nitrogen and oxygen atoms in total. The smallest absolute Gasteiger partial charge is 0.316 e. The van der Waals surface area contributed by atoms with Crippen molar-refractivity contribution < 1.29 is 28.7 Å². The van der Waals surface area contributed by atoms with Crippen molar-refractivity contribution in [3.8, 4) is 0 Å². The van der Waals surface area contributed by atoms with E-state index in [4.69, 9.17) is 9.72 Å². The third-order valence-corrected chi connectivity index (χ3v) is 9.26. The lowest BCUT2D eigenvalue weighted by Crippen LogP contribution is -2.67. The van der Waals surface area contributed by atoms with Gasteiger partial charge in [0.15, 0.2) is 6.10 Å². The first-order valence-electron chi connectivity index (χ1n) is 15.8. The quantitative estimate of drug-likeness (QED) is 0.412. The molecule has 11 heteroatoms. The van der Waals surface area contributed by atoms with Crippen molar-refractivity contribution in [3.63, 3.8) is 0 Å². The largest absolute Gasteiger partial charge is 0.451 e. The van der Waals surface area contributed by atoms with Gasteiger partial charge in [0.05, 0.1) is 22.7 Å². The van der Waals surface area contributed by atoms with Crippen molar-refractivity contribution in [1.29, 1.82) is 0 Å². The summed E-state index contributed by atoms with van der Waals surface area (Å²) in [5, 5.41) is 8.08. The lowest BCUT2D eigenvalue weighted by molar-refractivity contribution is -0.168. The minimum atomic E-state index is -1.15. The van der Waals surface area contributed by atoms with Crippen molar-refractivity contribution in [1.82, 2.24) is 26.1 Å². The summed E-state index contributed by atoms with van der Waals surface area (Å²) in [6.45, 7) is 9.09. The molecule has 1 aliphatic carbocycles. The molecule has 4 atom stereocenters. The van der Waals surface area contributed by atoms with E-state index in [1.165, 1.54) is 5.01 Å². The van der Waals surface area contributed by atoms with E-state index in [1.54, 1.807) is 33.8 Å². The zero-order chi connectivity index (χ0) is 32.5. The van der Waals surface area contributed by atoms with Gasteiger partial charge in [0.25, 0.3) is 11.8 Å². The van der Waals surface area contributed by atoms with Gasteiger partial charge in [0.1, 0.15) is 17.4 Å². The highest BCUT2D eigenvalue weighted by Crippen LogP contribution is 2.39. The Labute approximate surface area is 263 Å². The average Bonchev–Trinajstić information content (AvgIpc) is 3.01. The summed E-state index contributed by atoms with van der Waals surface area (Å²) in [5.41, 5.74) is 3.16. The van der Waals surface area contributed by atoms with Crippen molar-refractivity contribution in [2.45, 2.75) is 96.9 Å². The van der Waals surface area contributed by atoms with Gasteiger partial charge in [-0.1, -0.05) is 44.2 Å². The van der Waals surface area contributed by atoms with Crippen LogP contribution in [0.1, 0.15) is 90.4 Å². The number of amides is 3. The number of hydrazine groups is 1. The fourth-order valence-corrected chi connectivity index (χ4v) is 6.24. The lowest BCUT2D eigenvalue weighted by atomic mass is 9.73. The van der Waals surface area contributed by atoms with E-state index < -0.39 is 46.9 Å². The van der Waals surface area contributed by atoms with Crippen molar-refractivity contribution in [3.05, 3.63) is 47.7 Å². The topological polar surface area (TPSA) is 147 Å². The van der Waals surface area contributed by atoms with Crippen LogP contribution in [0, 0.1) is 11.3 Å². The fourth-order valence-electron chi connectivity index (χ4n) is 6.24. The number of cyclic esters (lactones) is 1. The molecule has 3 N–H and O–H groups in total. The van der Waals surface area contributed by atoms with Crippen molar-refractivity contribution in [2.75, 3.05) is 6.54 Å². The molecule has 3 amide bonds. The van der Waals surface area contributed by atoms with E-state index in [1.807, 2.05) is 43.3 Å². The van der Waals surface area contributed by atoms with Gasteiger partial charge in [-0.2, -0.15) is 0 Å². The summed E-state index contributed by atoms with van der Waals surface area (Å²) in [5.74, 6) is -2.13. The van der Waals surface area contributed by atoms with Crippen molar-refractivity contribution >= 4 is 46.5 Å². The second kappa shape index (κ2) is 12.7. The molecular formula is C34H43N5O6. The second-order valence-electron chi connectivity index (χ2n) is 13.2. The summed E-state index contributed by atoms with van der Waals surface area (Å²) < 4.78 is 5.92. The number of nitrogens with one attached hydrogen (secondary N) is 3. The van der Waals surface area contributed by atoms with Crippen LogP contribution in [0.25, 0.3) is 17.0 Å². The zero-order valence-electron chi connectivity index (χ0n) is 26.6. The Morgan fingerprint density at radius 3 is 2.38 bits per heavy atom. The molecule has 2 aromatic rings. The van der Waals surface area contributed by atoms with Crippen LogP contribution in [0.4, 0.5) is 0 Å². The molecule has 1 saturated heterocycles. The number of carbonyl (C=O) groups excluding carboxylic acids is 5. The molecule has 1 aromatic heterocycles. The summed E-state index contributed by atoms with van der Waals surface area (Å²) >= 11 is 0. The van der Waals surface area contributed by atoms with E-state index in [-0.39, 0.29) is 43.3 Å². The Kier molecular flexibility index (Phi) is 9.11. The van der Waals surface area contributed by atoms with Crippen LogP contribution < -0.4 is 16.1 Å². The molecule has 0 radical (unpaired) electrons. The zero-order valence-corrected chi connectivity index (χ0v) is 26.6. The van der Waals surface area contributed by atoms with Gasteiger partial charge < -0.3 is 15.4 Å². The number of hydrogen-bond donors (Lipinski definition) is 3. The number of aromatic nitrogens is 1. The highest BCUT2D eigenvalue weighted by Gasteiger charge is 2.44. The summed E-state index contributed by atoms with van der Waals surface area (Å²) in [6, 6.07) is 8.25. The first-order valence-corrected chi connectivity index (χ1v) is 15.8. The van der Waals surface area contributed by atoms with Crippen LogP contribution in [0.15, 0.2) is 36.4 Å². The molecule has 240 valence electrons. The number of hydrogen-bond acceptors (Lipinski definition) is 8. The standard InChI is InChI=1S/C34H43N5O6/c1-20(2)28-29(41)35-22(4)30(42)39-18-6-14-33(5,38-39)31(43)36-21(3)26-10-9-24-8-7-23(19-27(24)37-26)11-15-34(32(44)45-28)16-12-25(40)13-17-34/h7-11,15,19-22,28,38H,6,12-14,16-18H2,1-5H3,(H,35,41)(H,36,43)/t21-,22+,28+,33?/m1/s1. The van der Waals surface area contributed by atoms with E-state index in [9.17, 15) is 24.0 Å². The molecule has 5 rings (SSSR count). The number of fused-ring (bicyclic) bond motifs is 4. The van der Waals surface area contributed by atoms with E-state index >= 15 is 0 Å². The van der Waals surface area contributed by atoms with E-state index in [0.29, 0.717) is 25.1 Å². The first kappa shape index (κ1) is 32.3. The molecule has 2 fully saturated rings. The van der Waals surface area contributed by atoms with E-state index in [0.717, 1.165) is 16.5 Å². The Morgan fingerprint density at radius 2 is 1.67 bits per heavy atom. The Bertz CT molecular complexity index is 1540. The molecule has 1 spiro atoms. The maximum Gasteiger partial charge on any atom is 0.316 e. The number of pyridine rings is 1. The van der Waals surface area contributed by atoms with Gasteiger partial charge in [0, 0.05) is 24.8 Å². The normalized spacial score (nSPS) is 28.3. The number of ether oxygens (including phenoxy) is 1. The number of ketones is 1. The third-order valence-electron chi connectivity index (χ3n) is 9.26. The maximum atomic E-state index is 13.9. The molecule has 45 heavy (non-hydrogen) atoms. The molecule has 1 unspecified atom stereocenters. The van der Waals surface area contributed by atoms with Crippen LogP contribution in [-0.4, -0.2) is 63.7 Å². The SMILES string of the molecule is CC(C)[C@@H]1OC(=O)C2(C=Cc3ccc4ccc(nc4c3)[C@@H](C)NC(=O)C3(C)CCCN(N3)C(=O)[C@H](C)NC1=O)CCC(=O)CC2. The molecule has 1 saturated carbocycles. The molecule has 1 aromatic carbocycles. The van der Waals surface area contributed by atoms with Crippen LogP contribution in [-0.2, 0) is 28.7 Å². The number of nitrogens with zero attached hydrogens (tertiary/aromatic N) is 2. The predicted molar refractivity (Wildman–Crippen MR) is 168 cm³/mol. The monoisotopic (exact) mass is 617 g/mol. The third kappa shape index (κ3) is 6.78. The fraction of sp³-hybridized carbons (Fsp3) is 0.529. The van der Waals surface area contributed by atoms with Gasteiger partial charge in [-0.15, -0.1) is 0 Å². The molecule has 2 aliphatic heterocycles. The highest BCUT2D eigenvalue weighted by atomic mass is 16.5. The molecule has 3 heterocycles. The van der Waals surface area contributed by atoms with Crippen molar-refractivity contribution in [2.24, 2.45) is 11.3 Å². The Hall–Kier alpha value is -4.12. The first-order chi connectivity index (χ1) is 21.3. The molecule has 3 aliphatic rings. The van der Waals surface area contributed by atoms with Crippen LogP contribution in [0.3, 0.4) is 0 Å². The van der Waals surface area contributed by atoms with Gasteiger partial charge in [-0.25, -0.2) is 5.43 Å². The minimum absolute atomic E-state index is 0.0840. The Balaban J connectivity index is 1.55. The summed E-state index contributed by atoms with van der Waals surface area (Å²) in [4.78, 5) is 71.4. The van der Waals surface area contributed by atoms with Gasteiger partial charge in [-0.05, 0) is 70.1 Å². The second-order valence-corrected chi connectivity index (χ2v) is 13.2. The predicted octanol–water partition coefficient (Wildman–Crippen LogP) is 3.53. The summed E-state index contributed by atoms with van der Waals surface area (Å²) in [7, 11) is 0. The Morgan fingerprint density at radius 1 is 0.956 bits per heavy atom. The lowest BCUT2D eigenvalue weighted by Gasteiger charge is -2.41. The average molecular weight is 618 g/mol. The van der Waals surface area contributed by atoms with Crippen LogP contribution in [0.2, 0.25) is 0 Å². The number of carbonyl (C=O) groups is 5. The number of rotatable bonds is 1.